The zero-order valence-electron chi connectivity index (χ0n) is 9.82. The number of nitrogens with zero attached hydrogens (tertiary/aromatic N) is 1. The van der Waals surface area contributed by atoms with Gasteiger partial charge >= 0.3 is 5.97 Å². The van der Waals surface area contributed by atoms with Crippen molar-refractivity contribution in [1.82, 2.24) is 9.97 Å². The maximum atomic E-state index is 11.6. The summed E-state index contributed by atoms with van der Waals surface area (Å²) in [6.07, 6.45) is 4.17. The second-order valence-electron chi connectivity index (χ2n) is 5.37. The molecule has 4 nitrogen and oxygen atoms in total. The fraction of sp³-hybridized carbons (Fsp3) is 0.385. The summed E-state index contributed by atoms with van der Waals surface area (Å²) < 4.78 is 0. The van der Waals surface area contributed by atoms with Crippen molar-refractivity contribution in [2.24, 2.45) is 5.41 Å². The van der Waals surface area contributed by atoms with Crippen LogP contribution in [0.2, 0.25) is 0 Å². The Morgan fingerprint density at radius 3 is 2.82 bits per heavy atom. The maximum Gasteiger partial charge on any atom is 0.314 e. The van der Waals surface area contributed by atoms with Gasteiger partial charge in [-0.25, -0.2) is 4.98 Å². The van der Waals surface area contributed by atoms with E-state index in [-0.39, 0.29) is 5.41 Å². The molecule has 0 aromatic carbocycles. The van der Waals surface area contributed by atoms with Crippen LogP contribution >= 0.6 is 0 Å². The molecule has 2 N–H and O–H groups in total. The first-order valence-corrected chi connectivity index (χ1v) is 5.65. The van der Waals surface area contributed by atoms with Crippen molar-refractivity contribution in [2.45, 2.75) is 25.7 Å². The van der Waals surface area contributed by atoms with Gasteiger partial charge in [-0.2, -0.15) is 0 Å². The Labute approximate surface area is 98.7 Å². The molecule has 1 aliphatic rings. The van der Waals surface area contributed by atoms with Crippen molar-refractivity contribution in [1.29, 1.82) is 0 Å². The van der Waals surface area contributed by atoms with Crippen molar-refractivity contribution in [2.75, 3.05) is 0 Å². The zero-order chi connectivity index (χ0) is 12.3. The molecule has 0 saturated heterocycles. The Balaban J connectivity index is 2.25. The van der Waals surface area contributed by atoms with Crippen LogP contribution in [-0.2, 0) is 10.2 Å². The second kappa shape index (κ2) is 2.88. The summed E-state index contributed by atoms with van der Waals surface area (Å²) in [6, 6.07) is 3.76. The van der Waals surface area contributed by atoms with Gasteiger partial charge in [0.15, 0.2) is 0 Å². The first kappa shape index (κ1) is 10.3. The molecule has 1 unspecified atom stereocenters. The number of pyridine rings is 1. The van der Waals surface area contributed by atoms with Gasteiger partial charge in [-0.15, -0.1) is 0 Å². The number of rotatable bonds is 2. The van der Waals surface area contributed by atoms with Gasteiger partial charge in [-0.3, -0.25) is 4.79 Å². The van der Waals surface area contributed by atoms with Crippen LogP contribution in [0.5, 0.6) is 0 Å². The third-order valence-corrected chi connectivity index (χ3v) is 4.01. The lowest BCUT2D eigenvalue weighted by molar-refractivity contribution is -0.141. The van der Waals surface area contributed by atoms with Gasteiger partial charge in [0.2, 0.25) is 0 Å². The number of aromatic nitrogens is 2. The molecule has 1 atom stereocenters. The highest BCUT2D eigenvalue weighted by Gasteiger charge is 2.68. The van der Waals surface area contributed by atoms with E-state index in [0.717, 1.165) is 16.6 Å². The van der Waals surface area contributed by atoms with E-state index in [0.29, 0.717) is 6.42 Å². The molecule has 1 fully saturated rings. The Morgan fingerprint density at radius 1 is 1.53 bits per heavy atom. The van der Waals surface area contributed by atoms with Crippen LogP contribution in [-0.4, -0.2) is 21.0 Å². The van der Waals surface area contributed by atoms with E-state index in [1.54, 1.807) is 12.4 Å². The summed E-state index contributed by atoms with van der Waals surface area (Å²) in [5.41, 5.74) is 0.668. The average molecular weight is 230 g/mol. The lowest BCUT2D eigenvalue weighted by Gasteiger charge is -2.14. The van der Waals surface area contributed by atoms with Crippen LogP contribution in [0.25, 0.3) is 11.0 Å². The molecule has 3 rings (SSSR count). The van der Waals surface area contributed by atoms with Crippen LogP contribution < -0.4 is 0 Å². The van der Waals surface area contributed by atoms with E-state index in [2.05, 4.69) is 9.97 Å². The van der Waals surface area contributed by atoms with Gasteiger partial charge in [-0.1, -0.05) is 13.8 Å². The highest BCUT2D eigenvalue weighted by Crippen LogP contribution is 2.65. The molecular weight excluding hydrogens is 216 g/mol. The Morgan fingerprint density at radius 2 is 2.24 bits per heavy atom. The quantitative estimate of drug-likeness (QED) is 0.832. The minimum atomic E-state index is -0.756. The number of carbonyl (C=O) groups is 1. The summed E-state index contributed by atoms with van der Waals surface area (Å²) >= 11 is 0. The molecule has 2 heterocycles. The largest absolute Gasteiger partial charge is 0.481 e. The van der Waals surface area contributed by atoms with Crippen molar-refractivity contribution >= 4 is 17.0 Å². The molecule has 4 heteroatoms. The number of aliphatic carboxylic acids is 1. The predicted octanol–water partition coefficient (Wildman–Crippen LogP) is 2.32. The van der Waals surface area contributed by atoms with E-state index in [1.165, 1.54) is 0 Å². The molecule has 1 saturated carbocycles. The number of hydrogen-bond donors (Lipinski definition) is 2. The number of aromatic amines is 1. The molecule has 2 aromatic rings. The molecule has 0 aliphatic heterocycles. The molecule has 17 heavy (non-hydrogen) atoms. The molecule has 0 amide bonds. The summed E-state index contributed by atoms with van der Waals surface area (Å²) in [7, 11) is 0. The molecule has 1 aliphatic carbocycles. The Hall–Kier alpha value is -1.84. The first-order valence-electron chi connectivity index (χ1n) is 5.65. The van der Waals surface area contributed by atoms with Crippen molar-refractivity contribution in [3.05, 3.63) is 30.1 Å². The van der Waals surface area contributed by atoms with Crippen molar-refractivity contribution < 1.29 is 9.90 Å². The van der Waals surface area contributed by atoms with Gasteiger partial charge in [0.05, 0.1) is 0 Å². The number of fused-ring (bicyclic) bond motifs is 1. The number of carboxylic acids is 1. The fourth-order valence-electron chi connectivity index (χ4n) is 2.87. The lowest BCUT2D eigenvalue weighted by atomic mass is 9.88. The average Bonchev–Trinajstić information content (AvgIpc) is 2.70. The number of H-pyrrole nitrogens is 1. The molecular formula is C13H14N2O2. The zero-order valence-corrected chi connectivity index (χ0v) is 9.82. The predicted molar refractivity (Wildman–Crippen MR) is 63.8 cm³/mol. The monoisotopic (exact) mass is 230 g/mol. The van der Waals surface area contributed by atoms with Crippen LogP contribution in [0.4, 0.5) is 0 Å². The van der Waals surface area contributed by atoms with Crippen LogP contribution in [0.15, 0.2) is 24.5 Å². The smallest absolute Gasteiger partial charge is 0.314 e. The molecule has 0 radical (unpaired) electrons. The van der Waals surface area contributed by atoms with Crippen LogP contribution in [0, 0.1) is 5.41 Å². The second-order valence-corrected chi connectivity index (χ2v) is 5.37. The Kier molecular flexibility index (Phi) is 1.75. The summed E-state index contributed by atoms with van der Waals surface area (Å²) in [5, 5.41) is 10.5. The van der Waals surface area contributed by atoms with E-state index in [1.807, 2.05) is 26.0 Å². The number of hydrogen-bond acceptors (Lipinski definition) is 2. The first-order chi connectivity index (χ1) is 7.99. The normalized spacial score (nSPS) is 26.0. The standard InChI is InChI=1S/C13H14N2O2/c1-12(2)7-13(12,11(16)17)9-6-15-10-8(9)4-3-5-14-10/h3-6H,7H2,1-2H3,(H,14,15)(H,16,17). The molecule has 0 bridgehead atoms. The van der Waals surface area contributed by atoms with Gasteiger partial charge in [0, 0.05) is 17.8 Å². The molecule has 2 aromatic heterocycles. The SMILES string of the molecule is CC1(C)CC1(C(=O)O)c1c[nH]c2ncccc12. The summed E-state index contributed by atoms with van der Waals surface area (Å²) in [4.78, 5) is 18.9. The topological polar surface area (TPSA) is 66.0 Å². The summed E-state index contributed by atoms with van der Waals surface area (Å²) in [6.45, 7) is 3.99. The fourth-order valence-corrected chi connectivity index (χ4v) is 2.87. The number of nitrogens with one attached hydrogen (secondary N) is 1. The van der Waals surface area contributed by atoms with E-state index >= 15 is 0 Å². The molecule has 88 valence electrons. The summed E-state index contributed by atoms with van der Waals surface area (Å²) in [5.74, 6) is -0.743. The van der Waals surface area contributed by atoms with Crippen molar-refractivity contribution in [3.8, 4) is 0 Å². The highest BCUT2D eigenvalue weighted by molar-refractivity contribution is 5.94. The highest BCUT2D eigenvalue weighted by atomic mass is 16.4. The van der Waals surface area contributed by atoms with Gasteiger partial charge in [0.1, 0.15) is 11.1 Å². The van der Waals surface area contributed by atoms with Crippen LogP contribution in [0.3, 0.4) is 0 Å². The van der Waals surface area contributed by atoms with E-state index < -0.39 is 11.4 Å². The minimum Gasteiger partial charge on any atom is -0.481 e. The van der Waals surface area contributed by atoms with E-state index in [9.17, 15) is 9.90 Å². The molecule has 0 spiro atoms. The van der Waals surface area contributed by atoms with Crippen LogP contribution in [0.1, 0.15) is 25.8 Å². The third kappa shape index (κ3) is 1.12. The van der Waals surface area contributed by atoms with Gasteiger partial charge in [-0.05, 0) is 29.5 Å². The number of carboxylic acid groups (broad SMARTS) is 1. The van der Waals surface area contributed by atoms with Gasteiger partial charge in [0.25, 0.3) is 0 Å². The van der Waals surface area contributed by atoms with Gasteiger partial charge < -0.3 is 10.1 Å². The Bertz CT molecular complexity index is 615. The lowest BCUT2D eigenvalue weighted by Crippen LogP contribution is -2.25. The van der Waals surface area contributed by atoms with Crippen molar-refractivity contribution in [3.63, 3.8) is 0 Å². The van der Waals surface area contributed by atoms with E-state index in [4.69, 9.17) is 0 Å². The third-order valence-electron chi connectivity index (χ3n) is 4.01. The minimum absolute atomic E-state index is 0.191. The maximum absolute atomic E-state index is 11.6.